The number of allylic oxidation sites excluding steroid dienone is 4. The Morgan fingerprint density at radius 2 is 2.09 bits per heavy atom. The molecule has 170 valence electrons. The summed E-state index contributed by atoms with van der Waals surface area (Å²) in [6.45, 7) is 5.79. The fourth-order valence-corrected chi connectivity index (χ4v) is 4.55. The summed E-state index contributed by atoms with van der Waals surface area (Å²) in [7, 11) is 1.60. The molecule has 0 radical (unpaired) electrons. The molecule has 2 heterocycles. The van der Waals surface area contributed by atoms with E-state index in [0.29, 0.717) is 18.4 Å². The number of carbonyl (C=O) groups is 2. The average Bonchev–Trinajstić information content (AvgIpc) is 3.23. The van der Waals surface area contributed by atoms with E-state index in [2.05, 4.69) is 6.58 Å². The van der Waals surface area contributed by atoms with Crippen molar-refractivity contribution in [1.82, 2.24) is 0 Å². The van der Waals surface area contributed by atoms with Crippen molar-refractivity contribution in [3.63, 3.8) is 0 Å². The third-order valence-corrected chi connectivity index (χ3v) is 6.14. The summed E-state index contributed by atoms with van der Waals surface area (Å²) < 4.78 is 22.1. The Morgan fingerprint density at radius 3 is 2.88 bits per heavy atom. The minimum absolute atomic E-state index is 0.0316. The second-order valence-corrected chi connectivity index (χ2v) is 8.52. The lowest BCUT2D eigenvalue weighted by Gasteiger charge is -2.26. The van der Waals surface area contributed by atoms with Gasteiger partial charge in [0.05, 0.1) is 19.1 Å². The molecule has 4 rings (SSSR count). The Balaban J connectivity index is 1.54. The normalized spacial score (nSPS) is 36.0. The second kappa shape index (κ2) is 9.30. The van der Waals surface area contributed by atoms with E-state index in [-0.39, 0.29) is 17.6 Å². The number of ether oxygens (including phenoxy) is 4. The third kappa shape index (κ3) is 4.79. The van der Waals surface area contributed by atoms with Crippen LogP contribution < -0.4 is 0 Å². The van der Waals surface area contributed by atoms with Gasteiger partial charge in [-0.1, -0.05) is 30.4 Å². The smallest absolute Gasteiger partial charge is 0.334 e. The summed E-state index contributed by atoms with van der Waals surface area (Å²) in [5.41, 5.74) is 1.84. The van der Waals surface area contributed by atoms with E-state index in [1.807, 2.05) is 37.3 Å². The van der Waals surface area contributed by atoms with Crippen molar-refractivity contribution < 1.29 is 33.6 Å². The molecule has 1 fully saturated rings. The van der Waals surface area contributed by atoms with Crippen LogP contribution in [0.15, 0.2) is 71.6 Å². The number of esters is 2. The van der Waals surface area contributed by atoms with Gasteiger partial charge in [-0.25, -0.2) is 9.59 Å². The van der Waals surface area contributed by atoms with Gasteiger partial charge in [0.25, 0.3) is 0 Å². The van der Waals surface area contributed by atoms with Gasteiger partial charge in [-0.2, -0.15) is 0 Å². The number of methoxy groups -OCH3 is 1. The van der Waals surface area contributed by atoms with Crippen LogP contribution in [0.25, 0.3) is 0 Å². The summed E-state index contributed by atoms with van der Waals surface area (Å²) >= 11 is 0. The van der Waals surface area contributed by atoms with Gasteiger partial charge in [0.2, 0.25) is 0 Å². The lowest BCUT2D eigenvalue weighted by molar-refractivity contribution is -0.144. The first-order valence-electron chi connectivity index (χ1n) is 10.8. The number of hydrogen-bond donors (Lipinski definition) is 1. The van der Waals surface area contributed by atoms with Crippen LogP contribution in [0.4, 0.5) is 0 Å². The van der Waals surface area contributed by atoms with E-state index >= 15 is 0 Å². The van der Waals surface area contributed by atoms with Gasteiger partial charge in [0.15, 0.2) is 6.29 Å². The van der Waals surface area contributed by atoms with Crippen molar-refractivity contribution in [2.75, 3.05) is 7.11 Å². The minimum Gasteiger partial charge on any atom is -0.497 e. The number of rotatable bonds is 4. The van der Waals surface area contributed by atoms with Crippen LogP contribution >= 0.6 is 0 Å². The molecule has 1 N–H and O–H groups in total. The van der Waals surface area contributed by atoms with Crippen molar-refractivity contribution in [1.29, 1.82) is 0 Å². The fourth-order valence-electron chi connectivity index (χ4n) is 4.55. The van der Waals surface area contributed by atoms with Crippen LogP contribution in [0.1, 0.15) is 26.2 Å². The van der Waals surface area contributed by atoms with Crippen LogP contribution in [0.2, 0.25) is 0 Å². The maximum atomic E-state index is 12.7. The molecule has 2 unspecified atom stereocenters. The molecule has 0 aromatic heterocycles. The predicted molar refractivity (Wildman–Crippen MR) is 116 cm³/mol. The van der Waals surface area contributed by atoms with Gasteiger partial charge in [-0.15, -0.1) is 0 Å². The van der Waals surface area contributed by atoms with Crippen LogP contribution in [0.5, 0.6) is 0 Å². The van der Waals surface area contributed by atoms with Crippen molar-refractivity contribution >= 4 is 11.9 Å². The van der Waals surface area contributed by atoms with Crippen molar-refractivity contribution in [2.45, 2.75) is 50.8 Å². The maximum Gasteiger partial charge on any atom is 0.334 e. The first-order valence-corrected chi connectivity index (χ1v) is 10.8. The molecule has 4 aliphatic rings. The molecule has 7 nitrogen and oxygen atoms in total. The zero-order valence-corrected chi connectivity index (χ0v) is 18.2. The standard InChI is InChI=1S/C25H28O7/c1-14-9-19-12-17(25(28)30-19)13-21-23(15(2)24(27)32-21)20(10-14)31-22(26)8-7-16-5-4-6-18(11-16)29-3/h4,6-8,10-12,16,19-21,23,25,28H,2,5,9,13H2,1,3H3/b8-7+,14-10+/t16?,19-,20-,21+,23+,25?/m1/s1. The minimum atomic E-state index is -1.03. The number of aliphatic hydroxyl groups excluding tert-OH is 1. The molecule has 2 bridgehead atoms. The molecule has 0 saturated carbocycles. The monoisotopic (exact) mass is 440 g/mol. The number of hydrogen-bond acceptors (Lipinski definition) is 7. The Bertz CT molecular complexity index is 951. The quantitative estimate of drug-likeness (QED) is 0.408. The van der Waals surface area contributed by atoms with E-state index in [0.717, 1.165) is 17.8 Å². The molecule has 2 aliphatic heterocycles. The molecule has 0 spiro atoms. The van der Waals surface area contributed by atoms with Gasteiger partial charge < -0.3 is 24.1 Å². The first-order chi connectivity index (χ1) is 15.3. The summed E-state index contributed by atoms with van der Waals surface area (Å²) in [6, 6.07) is 0. The second-order valence-electron chi connectivity index (χ2n) is 8.52. The number of fused-ring (bicyclic) bond motifs is 2. The van der Waals surface area contributed by atoms with Crippen LogP contribution in [0.3, 0.4) is 0 Å². The average molecular weight is 440 g/mol. The molecule has 0 aromatic carbocycles. The van der Waals surface area contributed by atoms with Crippen molar-refractivity contribution in [2.24, 2.45) is 11.8 Å². The van der Waals surface area contributed by atoms with Crippen LogP contribution in [0, 0.1) is 11.8 Å². The molecule has 0 aromatic rings. The zero-order valence-electron chi connectivity index (χ0n) is 18.2. The van der Waals surface area contributed by atoms with E-state index in [1.165, 1.54) is 6.08 Å². The summed E-state index contributed by atoms with van der Waals surface area (Å²) in [5.74, 6) is -0.790. The molecular weight excluding hydrogens is 412 g/mol. The Labute approximate surface area is 187 Å². The Hall–Kier alpha value is -2.90. The zero-order chi connectivity index (χ0) is 22.8. The van der Waals surface area contributed by atoms with Crippen LogP contribution in [-0.2, 0) is 28.5 Å². The number of aliphatic hydroxyl groups is 1. The largest absolute Gasteiger partial charge is 0.497 e. The molecule has 0 amide bonds. The third-order valence-electron chi connectivity index (χ3n) is 6.14. The van der Waals surface area contributed by atoms with Crippen molar-refractivity contribution in [3.8, 4) is 0 Å². The van der Waals surface area contributed by atoms with E-state index in [1.54, 1.807) is 13.2 Å². The van der Waals surface area contributed by atoms with E-state index in [9.17, 15) is 14.7 Å². The highest BCUT2D eigenvalue weighted by Gasteiger charge is 2.46. The molecule has 2 aliphatic carbocycles. The van der Waals surface area contributed by atoms with Gasteiger partial charge in [0.1, 0.15) is 18.0 Å². The molecule has 7 heteroatoms. The van der Waals surface area contributed by atoms with Gasteiger partial charge in [-0.05, 0) is 43.6 Å². The topological polar surface area (TPSA) is 91.3 Å². The SMILES string of the molecule is C=C1C(=O)O[C@H]2CC3=C[C@@H](C/C(C)=C/[C@@H](OC(=O)/C=C/C4C=C(OC)C=CC4)[C@H]12)OC3O. The highest BCUT2D eigenvalue weighted by Crippen LogP contribution is 2.39. The summed E-state index contributed by atoms with van der Waals surface area (Å²) in [5, 5.41) is 10.2. The van der Waals surface area contributed by atoms with Gasteiger partial charge >= 0.3 is 11.9 Å². The Morgan fingerprint density at radius 1 is 1.28 bits per heavy atom. The Kier molecular flexibility index (Phi) is 6.48. The highest BCUT2D eigenvalue weighted by molar-refractivity contribution is 5.91. The highest BCUT2D eigenvalue weighted by atomic mass is 16.6. The van der Waals surface area contributed by atoms with Crippen molar-refractivity contribution in [3.05, 3.63) is 71.6 Å². The summed E-state index contributed by atoms with van der Waals surface area (Å²) in [4.78, 5) is 25.0. The van der Waals surface area contributed by atoms with E-state index < -0.39 is 36.4 Å². The van der Waals surface area contributed by atoms with E-state index in [4.69, 9.17) is 18.9 Å². The summed E-state index contributed by atoms with van der Waals surface area (Å²) in [6.07, 6.45) is 11.7. The number of carbonyl (C=O) groups excluding carboxylic acids is 2. The molecule has 32 heavy (non-hydrogen) atoms. The predicted octanol–water partition coefficient (Wildman–Crippen LogP) is 3.04. The first kappa shape index (κ1) is 22.3. The van der Waals surface area contributed by atoms with Crippen LogP contribution in [-0.4, -0.2) is 48.8 Å². The maximum absolute atomic E-state index is 12.7. The van der Waals surface area contributed by atoms with Gasteiger partial charge in [0, 0.05) is 24.0 Å². The van der Waals surface area contributed by atoms with Gasteiger partial charge in [-0.3, -0.25) is 0 Å². The molecular formula is C25H28O7. The molecule has 6 atom stereocenters. The fraction of sp³-hybridized carbons (Fsp3) is 0.440. The lowest BCUT2D eigenvalue weighted by Crippen LogP contribution is -2.33. The molecule has 1 saturated heterocycles. The lowest BCUT2D eigenvalue weighted by atomic mass is 9.85.